The highest BCUT2D eigenvalue weighted by Gasteiger charge is 2.21. The Morgan fingerprint density at radius 1 is 1.30 bits per heavy atom. The van der Waals surface area contributed by atoms with Crippen molar-refractivity contribution >= 4 is 35.6 Å². The molecule has 2 heterocycles. The van der Waals surface area contributed by atoms with Crippen LogP contribution in [0.4, 0.5) is 5.69 Å². The van der Waals surface area contributed by atoms with Gasteiger partial charge in [0.25, 0.3) is 0 Å². The summed E-state index contributed by atoms with van der Waals surface area (Å²) in [5.41, 5.74) is 1.17. The molecule has 3 rings (SSSR count). The van der Waals surface area contributed by atoms with Crippen molar-refractivity contribution in [3.63, 3.8) is 0 Å². The lowest BCUT2D eigenvalue weighted by molar-refractivity contribution is 0.0683. The number of hydrogen-bond donors (Lipinski definition) is 1. The van der Waals surface area contributed by atoms with Gasteiger partial charge in [0.05, 0.1) is 13.7 Å². The van der Waals surface area contributed by atoms with Gasteiger partial charge in [-0.1, -0.05) is 11.2 Å². The van der Waals surface area contributed by atoms with Crippen LogP contribution >= 0.6 is 24.0 Å². The maximum absolute atomic E-state index is 5.49. The van der Waals surface area contributed by atoms with Crippen LogP contribution in [0, 0.1) is 0 Å². The third kappa shape index (κ3) is 6.21. The average molecular weight is 530 g/mol. The van der Waals surface area contributed by atoms with Crippen LogP contribution in [0.2, 0.25) is 0 Å². The van der Waals surface area contributed by atoms with Crippen molar-refractivity contribution in [2.24, 2.45) is 4.99 Å². The standard InChI is InChI=1S/C20H30N6O3.HI/c1-5-28-15(2)19-23-18(29-24-19)14-22-20(21-3)26-11-9-25(10-12-26)16-7-6-8-17(13-16)27-4;/h6-8,13,15H,5,9-12,14H2,1-4H3,(H,21,22);1H. The molecule has 30 heavy (non-hydrogen) atoms. The first kappa shape index (κ1) is 24.2. The Morgan fingerprint density at radius 3 is 2.73 bits per heavy atom. The zero-order chi connectivity index (χ0) is 20.6. The summed E-state index contributed by atoms with van der Waals surface area (Å²) < 4.78 is 16.1. The van der Waals surface area contributed by atoms with Crippen molar-refractivity contribution in [2.75, 3.05) is 51.8 Å². The van der Waals surface area contributed by atoms with E-state index in [1.807, 2.05) is 26.0 Å². The predicted octanol–water partition coefficient (Wildman–Crippen LogP) is 2.69. The smallest absolute Gasteiger partial charge is 0.246 e. The molecule has 0 saturated carbocycles. The molecule has 0 aliphatic carbocycles. The number of halogens is 1. The summed E-state index contributed by atoms with van der Waals surface area (Å²) in [5.74, 6) is 2.78. The normalized spacial score (nSPS) is 15.5. The van der Waals surface area contributed by atoms with Gasteiger partial charge in [-0.15, -0.1) is 24.0 Å². The summed E-state index contributed by atoms with van der Waals surface area (Å²) >= 11 is 0. The number of nitrogens with zero attached hydrogens (tertiary/aromatic N) is 5. The number of aliphatic imine (C=N–C) groups is 1. The molecule has 1 aromatic carbocycles. The summed E-state index contributed by atoms with van der Waals surface area (Å²) in [4.78, 5) is 13.4. The molecule has 1 N–H and O–H groups in total. The number of ether oxygens (including phenoxy) is 2. The molecule has 0 amide bonds. The van der Waals surface area contributed by atoms with Gasteiger partial charge in [-0.3, -0.25) is 4.99 Å². The molecule has 1 aliphatic rings. The van der Waals surface area contributed by atoms with Crippen LogP contribution in [-0.4, -0.2) is 67.9 Å². The number of nitrogens with one attached hydrogen (secondary N) is 1. The van der Waals surface area contributed by atoms with E-state index in [4.69, 9.17) is 14.0 Å². The Balaban J connectivity index is 0.00000320. The third-order valence-electron chi connectivity index (χ3n) is 4.87. The van der Waals surface area contributed by atoms with Gasteiger partial charge in [-0.25, -0.2) is 0 Å². The van der Waals surface area contributed by atoms with E-state index in [0.29, 0.717) is 24.9 Å². The summed E-state index contributed by atoms with van der Waals surface area (Å²) in [6, 6.07) is 8.16. The average Bonchev–Trinajstić information content (AvgIpc) is 3.24. The molecule has 0 spiro atoms. The lowest BCUT2D eigenvalue weighted by Crippen LogP contribution is -2.52. The van der Waals surface area contributed by atoms with E-state index in [1.54, 1.807) is 14.2 Å². The molecular weight excluding hydrogens is 499 g/mol. The number of guanidine groups is 1. The Labute approximate surface area is 194 Å². The van der Waals surface area contributed by atoms with E-state index in [9.17, 15) is 0 Å². The quantitative estimate of drug-likeness (QED) is 0.332. The summed E-state index contributed by atoms with van der Waals surface area (Å²) in [6.07, 6.45) is -0.179. The van der Waals surface area contributed by atoms with E-state index in [2.05, 4.69) is 42.4 Å². The maximum Gasteiger partial charge on any atom is 0.246 e. The van der Waals surface area contributed by atoms with Crippen molar-refractivity contribution in [1.82, 2.24) is 20.4 Å². The molecular formula is C20H31IN6O3. The second-order valence-corrected chi connectivity index (χ2v) is 6.72. The highest BCUT2D eigenvalue weighted by molar-refractivity contribution is 14.0. The van der Waals surface area contributed by atoms with Crippen LogP contribution < -0.4 is 15.0 Å². The van der Waals surface area contributed by atoms with Gasteiger partial charge in [0.2, 0.25) is 5.89 Å². The van der Waals surface area contributed by atoms with E-state index in [-0.39, 0.29) is 30.1 Å². The monoisotopic (exact) mass is 530 g/mol. The van der Waals surface area contributed by atoms with Gasteiger partial charge in [0, 0.05) is 51.6 Å². The molecule has 1 saturated heterocycles. The second kappa shape index (κ2) is 11.9. The van der Waals surface area contributed by atoms with Crippen LogP contribution in [0.1, 0.15) is 31.7 Å². The number of aromatic nitrogens is 2. The van der Waals surface area contributed by atoms with Crippen LogP contribution in [0.25, 0.3) is 0 Å². The molecule has 1 unspecified atom stereocenters. The number of piperazine rings is 1. The Bertz CT molecular complexity index is 807. The van der Waals surface area contributed by atoms with Crippen LogP contribution in [0.3, 0.4) is 0 Å². The Morgan fingerprint density at radius 2 is 2.07 bits per heavy atom. The molecule has 1 aromatic heterocycles. The first-order valence-electron chi connectivity index (χ1n) is 9.93. The van der Waals surface area contributed by atoms with E-state index < -0.39 is 0 Å². The minimum Gasteiger partial charge on any atom is -0.497 e. The fourth-order valence-electron chi connectivity index (χ4n) is 3.30. The molecule has 10 heteroatoms. The fraction of sp³-hybridized carbons (Fsp3) is 0.550. The van der Waals surface area contributed by atoms with E-state index in [1.165, 1.54) is 5.69 Å². The third-order valence-corrected chi connectivity index (χ3v) is 4.87. The van der Waals surface area contributed by atoms with Gasteiger partial charge in [-0.2, -0.15) is 4.98 Å². The highest BCUT2D eigenvalue weighted by Crippen LogP contribution is 2.22. The number of anilines is 1. The molecule has 1 atom stereocenters. The lowest BCUT2D eigenvalue weighted by atomic mass is 10.2. The van der Waals surface area contributed by atoms with Crippen molar-refractivity contribution in [1.29, 1.82) is 0 Å². The van der Waals surface area contributed by atoms with Crippen LogP contribution in [0.5, 0.6) is 5.75 Å². The van der Waals surface area contributed by atoms with Gasteiger partial charge in [-0.05, 0) is 26.0 Å². The zero-order valence-corrected chi connectivity index (χ0v) is 20.3. The number of methoxy groups -OCH3 is 1. The topological polar surface area (TPSA) is 88.3 Å². The molecule has 1 fully saturated rings. The first-order valence-corrected chi connectivity index (χ1v) is 9.93. The second-order valence-electron chi connectivity index (χ2n) is 6.72. The molecule has 0 radical (unpaired) electrons. The van der Waals surface area contributed by atoms with E-state index in [0.717, 1.165) is 37.9 Å². The summed E-state index contributed by atoms with van der Waals surface area (Å²) in [6.45, 7) is 8.44. The van der Waals surface area contributed by atoms with Crippen LogP contribution in [-0.2, 0) is 11.3 Å². The minimum atomic E-state index is -0.179. The predicted molar refractivity (Wildman–Crippen MR) is 127 cm³/mol. The molecule has 9 nitrogen and oxygen atoms in total. The number of hydrogen-bond acceptors (Lipinski definition) is 7. The number of benzene rings is 1. The Kier molecular flexibility index (Phi) is 9.63. The first-order chi connectivity index (χ1) is 14.1. The summed E-state index contributed by atoms with van der Waals surface area (Å²) in [5, 5.41) is 7.30. The van der Waals surface area contributed by atoms with Crippen molar-refractivity contribution < 1.29 is 14.0 Å². The molecule has 0 bridgehead atoms. The van der Waals surface area contributed by atoms with Gasteiger partial charge >= 0.3 is 0 Å². The largest absolute Gasteiger partial charge is 0.497 e. The Hall–Kier alpha value is -2.08. The van der Waals surface area contributed by atoms with Gasteiger partial charge < -0.3 is 29.1 Å². The SMILES string of the molecule is CCOC(C)c1noc(CNC(=NC)N2CCN(c3cccc(OC)c3)CC2)n1.I. The molecule has 2 aromatic rings. The van der Waals surface area contributed by atoms with Gasteiger partial charge in [0.1, 0.15) is 11.9 Å². The maximum atomic E-state index is 5.49. The van der Waals surface area contributed by atoms with E-state index >= 15 is 0 Å². The fourth-order valence-corrected chi connectivity index (χ4v) is 3.30. The zero-order valence-electron chi connectivity index (χ0n) is 18.0. The van der Waals surface area contributed by atoms with Gasteiger partial charge in [0.15, 0.2) is 11.8 Å². The van der Waals surface area contributed by atoms with Crippen molar-refractivity contribution in [3.05, 3.63) is 36.0 Å². The van der Waals surface area contributed by atoms with Crippen molar-refractivity contribution in [3.8, 4) is 5.75 Å². The molecule has 1 aliphatic heterocycles. The highest BCUT2D eigenvalue weighted by atomic mass is 127. The lowest BCUT2D eigenvalue weighted by Gasteiger charge is -2.37. The number of rotatable bonds is 7. The van der Waals surface area contributed by atoms with Crippen LogP contribution in [0.15, 0.2) is 33.8 Å². The minimum absolute atomic E-state index is 0. The molecule has 166 valence electrons. The summed E-state index contributed by atoms with van der Waals surface area (Å²) in [7, 11) is 3.48. The van der Waals surface area contributed by atoms with Crippen molar-refractivity contribution in [2.45, 2.75) is 26.5 Å².